The molecule has 8 heavy (non-hydrogen) atoms. The van der Waals surface area contributed by atoms with E-state index >= 15 is 0 Å². The van der Waals surface area contributed by atoms with Crippen LogP contribution in [-0.2, 0) is 4.79 Å². The monoisotopic (exact) mass is 224 g/mol. The Labute approximate surface area is 63.8 Å². The highest BCUT2D eigenvalue weighted by molar-refractivity contribution is 14.1. The Kier molecular flexibility index (Phi) is 5.85. The van der Waals surface area contributed by atoms with Crippen molar-refractivity contribution in [3.63, 3.8) is 0 Å². The fourth-order valence-corrected chi connectivity index (χ4v) is 0.502. The minimum absolute atomic E-state index is 0.404. The molecule has 0 aromatic rings. The molecule has 1 radical (unpaired) electrons. The maximum atomic E-state index is 9.70. The molecule has 0 rings (SSSR count). The van der Waals surface area contributed by atoms with Crippen molar-refractivity contribution in [3.8, 4) is 0 Å². The van der Waals surface area contributed by atoms with E-state index in [4.69, 9.17) is 0 Å². The van der Waals surface area contributed by atoms with Gasteiger partial charge in [0.1, 0.15) is 0 Å². The fourth-order valence-electron chi connectivity index (χ4n) is 0.248. The topological polar surface area (TPSA) is 29.1 Å². The van der Waals surface area contributed by atoms with Crippen molar-refractivity contribution < 1.29 is 4.79 Å². The van der Waals surface area contributed by atoms with Gasteiger partial charge < -0.3 is 10.0 Å². The minimum Gasteiger partial charge on any atom is -0.351 e. The lowest BCUT2D eigenvalue weighted by atomic mass is 9.98. The van der Waals surface area contributed by atoms with Crippen LogP contribution in [0.5, 0.6) is 0 Å². The van der Waals surface area contributed by atoms with Crippen molar-refractivity contribution in [3.05, 3.63) is 0 Å². The Morgan fingerprint density at radius 3 is 3.00 bits per heavy atom. The Hall–Kier alpha value is 0.425. The van der Waals surface area contributed by atoms with Gasteiger partial charge >= 0.3 is 0 Å². The van der Waals surface area contributed by atoms with E-state index in [0.717, 1.165) is 10.6 Å². The van der Waals surface area contributed by atoms with Crippen molar-refractivity contribution in [1.82, 2.24) is 5.23 Å². The standard InChI is InChI=1S/C4H8BINO/c1-4(2-6)7-5-3-8/h3-4,7H,2H2,1H3/t4-/m1/s1. The van der Waals surface area contributed by atoms with E-state index < -0.39 is 0 Å². The van der Waals surface area contributed by atoms with Crippen molar-refractivity contribution in [2.45, 2.75) is 13.0 Å². The molecule has 0 heterocycles. The summed E-state index contributed by atoms with van der Waals surface area (Å²) < 4.78 is 1.02. The van der Waals surface area contributed by atoms with Gasteiger partial charge in [-0.3, -0.25) is 0 Å². The normalized spacial score (nSPS) is 12.8. The van der Waals surface area contributed by atoms with Crippen molar-refractivity contribution in [2.24, 2.45) is 0 Å². The van der Waals surface area contributed by atoms with E-state index in [1.165, 1.54) is 7.41 Å². The molecule has 0 saturated carbocycles. The van der Waals surface area contributed by atoms with E-state index in [1.54, 1.807) is 0 Å². The number of rotatable bonds is 4. The van der Waals surface area contributed by atoms with E-state index in [1.807, 2.05) is 6.92 Å². The van der Waals surface area contributed by atoms with Gasteiger partial charge in [-0.2, -0.15) is 0 Å². The van der Waals surface area contributed by atoms with Gasteiger partial charge in [0.25, 0.3) is 7.41 Å². The second-order valence-electron chi connectivity index (χ2n) is 1.52. The van der Waals surface area contributed by atoms with Crippen LogP contribution < -0.4 is 5.23 Å². The zero-order valence-electron chi connectivity index (χ0n) is 4.73. The van der Waals surface area contributed by atoms with Crippen LogP contribution in [0.15, 0.2) is 0 Å². The molecule has 0 aromatic heterocycles. The fraction of sp³-hybridized carbons (Fsp3) is 0.750. The Bertz CT molecular complexity index is 71.1. The molecule has 0 aliphatic heterocycles. The first-order valence-corrected chi connectivity index (χ1v) is 3.92. The van der Waals surface area contributed by atoms with Gasteiger partial charge in [0.05, 0.1) is 6.19 Å². The molecule has 0 fully saturated rings. The molecule has 0 saturated heterocycles. The first-order chi connectivity index (χ1) is 3.81. The highest BCUT2D eigenvalue weighted by Gasteiger charge is 1.95. The molecule has 4 heteroatoms. The molecule has 0 aliphatic carbocycles. The van der Waals surface area contributed by atoms with Crippen molar-refractivity contribution in [2.75, 3.05) is 4.43 Å². The third-order valence-electron chi connectivity index (χ3n) is 0.680. The molecule has 45 valence electrons. The smallest absolute Gasteiger partial charge is 0.290 e. The molecule has 0 amide bonds. The van der Waals surface area contributed by atoms with Crippen LogP contribution >= 0.6 is 22.6 Å². The van der Waals surface area contributed by atoms with Gasteiger partial charge in [0, 0.05) is 10.5 Å². The lowest BCUT2D eigenvalue weighted by Gasteiger charge is -2.04. The SMILES string of the molecule is C[C@H](CI)N[B]C=O. The van der Waals surface area contributed by atoms with E-state index in [0.29, 0.717) is 6.04 Å². The molecular weight excluding hydrogens is 216 g/mol. The van der Waals surface area contributed by atoms with Crippen molar-refractivity contribution >= 4 is 36.2 Å². The predicted octanol–water partition coefficient (Wildman–Crippen LogP) is 0.209. The number of nitrogens with one attached hydrogen (secondary N) is 1. The molecule has 0 unspecified atom stereocenters. The van der Waals surface area contributed by atoms with Gasteiger partial charge in [0.15, 0.2) is 0 Å². The largest absolute Gasteiger partial charge is 0.351 e. The summed E-state index contributed by atoms with van der Waals surface area (Å²) in [5, 5.41) is 2.88. The van der Waals surface area contributed by atoms with Crippen LogP contribution in [0.1, 0.15) is 6.92 Å². The maximum absolute atomic E-state index is 9.70. The van der Waals surface area contributed by atoms with Gasteiger partial charge in [0.2, 0.25) is 0 Å². The van der Waals surface area contributed by atoms with Gasteiger partial charge in [-0.05, 0) is 6.92 Å². The molecule has 1 atom stereocenters. The average molecular weight is 224 g/mol. The van der Waals surface area contributed by atoms with Crippen LogP contribution in [0.4, 0.5) is 0 Å². The van der Waals surface area contributed by atoms with Crippen LogP contribution in [0.3, 0.4) is 0 Å². The summed E-state index contributed by atoms with van der Waals surface area (Å²) in [7, 11) is 1.42. The van der Waals surface area contributed by atoms with E-state index in [9.17, 15) is 4.79 Å². The van der Waals surface area contributed by atoms with E-state index in [-0.39, 0.29) is 0 Å². The molecular formula is C4H8BINO. The first kappa shape index (κ1) is 8.42. The Morgan fingerprint density at radius 1 is 2.00 bits per heavy atom. The molecule has 0 spiro atoms. The summed E-state index contributed by atoms with van der Waals surface area (Å²) in [5.41, 5.74) is 0. The van der Waals surface area contributed by atoms with E-state index in [2.05, 4.69) is 27.8 Å². The molecule has 0 aromatic carbocycles. The van der Waals surface area contributed by atoms with Crippen LogP contribution in [0.2, 0.25) is 0 Å². The molecule has 0 aliphatic rings. The number of halogens is 1. The number of alkyl halides is 1. The highest BCUT2D eigenvalue weighted by atomic mass is 127. The summed E-state index contributed by atoms with van der Waals surface area (Å²) in [6.45, 7) is 2.02. The van der Waals surface area contributed by atoms with Gasteiger partial charge in [-0.25, -0.2) is 0 Å². The zero-order valence-corrected chi connectivity index (χ0v) is 6.88. The third kappa shape index (κ3) is 4.58. The number of carbonyl (C=O) groups is 1. The summed E-state index contributed by atoms with van der Waals surface area (Å²) >= 11 is 2.25. The second-order valence-corrected chi connectivity index (χ2v) is 2.41. The Balaban J connectivity index is 2.97. The predicted molar refractivity (Wildman–Crippen MR) is 44.0 cm³/mol. The van der Waals surface area contributed by atoms with Crippen LogP contribution in [0.25, 0.3) is 0 Å². The van der Waals surface area contributed by atoms with Crippen molar-refractivity contribution in [1.29, 1.82) is 0 Å². The number of hydrogen-bond acceptors (Lipinski definition) is 2. The minimum atomic E-state index is 0.404. The van der Waals surface area contributed by atoms with Gasteiger partial charge in [-0.15, -0.1) is 0 Å². The van der Waals surface area contributed by atoms with Crippen LogP contribution in [0, 0.1) is 0 Å². The summed E-state index contributed by atoms with van der Waals surface area (Å²) in [6.07, 6.45) is 0.753. The lowest BCUT2D eigenvalue weighted by molar-refractivity contribution is 0.567. The number of hydrogen-bond donors (Lipinski definition) is 1. The second kappa shape index (κ2) is 5.56. The summed E-state index contributed by atoms with van der Waals surface area (Å²) in [5.74, 6) is 0. The van der Waals surface area contributed by atoms with Gasteiger partial charge in [-0.1, -0.05) is 22.6 Å². The molecule has 0 bridgehead atoms. The Morgan fingerprint density at radius 2 is 2.62 bits per heavy atom. The third-order valence-corrected chi connectivity index (χ3v) is 2.00. The average Bonchev–Trinajstić information content (AvgIpc) is 1.83. The maximum Gasteiger partial charge on any atom is 0.290 e. The molecule has 2 nitrogen and oxygen atoms in total. The lowest BCUT2D eigenvalue weighted by Crippen LogP contribution is -2.31. The summed E-state index contributed by atoms with van der Waals surface area (Å²) in [4.78, 5) is 9.70. The zero-order chi connectivity index (χ0) is 6.41. The number of carbonyl (C=O) groups excluding carboxylic acids is 1. The molecule has 1 N–H and O–H groups in total. The van der Waals surface area contributed by atoms with Crippen LogP contribution in [-0.4, -0.2) is 24.1 Å². The summed E-state index contributed by atoms with van der Waals surface area (Å²) in [6, 6.07) is 0.404. The first-order valence-electron chi connectivity index (χ1n) is 2.40. The highest BCUT2D eigenvalue weighted by Crippen LogP contribution is 1.86. The quantitative estimate of drug-likeness (QED) is 0.320.